The van der Waals surface area contributed by atoms with E-state index in [4.69, 9.17) is 11.3 Å². The summed E-state index contributed by atoms with van der Waals surface area (Å²) >= 11 is 0. The maximum absolute atomic E-state index is 8.48. The fourth-order valence-electron chi connectivity index (χ4n) is 3.83. The lowest BCUT2D eigenvalue weighted by molar-refractivity contribution is 0.669. The molecule has 130 valence electrons. The van der Waals surface area contributed by atoms with Gasteiger partial charge in [0.2, 0.25) is 0 Å². The lowest BCUT2D eigenvalue weighted by atomic mass is 9.91. The number of benzene rings is 4. The standard InChI is InChI=1S/C26H20O/c1-2-20-21(18-10-5-3-6-11-18)16-17-24-25(20)26-22(14-9-15-23(26)27-24)19-12-7-4-8-13-19/h3-17H,2H2,1H3/i4D,7D,8D,12D,13D. The molecule has 0 saturated carbocycles. The highest BCUT2D eigenvalue weighted by Gasteiger charge is 2.17. The molecule has 0 radical (unpaired) electrons. The summed E-state index contributed by atoms with van der Waals surface area (Å²) in [6.45, 7) is 2.09. The first kappa shape index (κ1) is 11.4. The Morgan fingerprint density at radius 2 is 1.48 bits per heavy atom. The third-order valence-corrected chi connectivity index (χ3v) is 4.98. The number of furan rings is 1. The molecular formula is C26H20O. The third kappa shape index (κ3) is 2.55. The van der Waals surface area contributed by atoms with E-state index in [9.17, 15) is 0 Å². The molecule has 0 bridgehead atoms. The van der Waals surface area contributed by atoms with E-state index in [0.29, 0.717) is 11.1 Å². The molecule has 1 nitrogen and oxygen atoms in total. The van der Waals surface area contributed by atoms with Crippen LogP contribution < -0.4 is 0 Å². The zero-order valence-corrected chi connectivity index (χ0v) is 14.9. The smallest absolute Gasteiger partial charge is 0.136 e. The van der Waals surface area contributed by atoms with Crippen LogP contribution >= 0.6 is 0 Å². The summed E-state index contributed by atoms with van der Waals surface area (Å²) < 4.78 is 47.3. The molecule has 0 atom stereocenters. The van der Waals surface area contributed by atoms with Gasteiger partial charge < -0.3 is 4.42 Å². The average molecular weight is 353 g/mol. The number of fused-ring (bicyclic) bond motifs is 3. The van der Waals surface area contributed by atoms with Gasteiger partial charge in [0, 0.05) is 10.8 Å². The molecule has 1 heterocycles. The molecular weight excluding hydrogens is 328 g/mol. The minimum atomic E-state index is -0.395. The Balaban J connectivity index is 1.94. The van der Waals surface area contributed by atoms with Crippen LogP contribution in [0.2, 0.25) is 0 Å². The van der Waals surface area contributed by atoms with Gasteiger partial charge in [-0.25, -0.2) is 0 Å². The summed E-state index contributed by atoms with van der Waals surface area (Å²) in [5.74, 6) is 0. The summed E-state index contributed by atoms with van der Waals surface area (Å²) in [5.41, 5.74) is 5.42. The predicted molar refractivity (Wildman–Crippen MR) is 114 cm³/mol. The molecule has 27 heavy (non-hydrogen) atoms. The van der Waals surface area contributed by atoms with E-state index >= 15 is 0 Å². The van der Waals surface area contributed by atoms with Crippen LogP contribution in [0.5, 0.6) is 0 Å². The molecule has 4 aromatic carbocycles. The molecule has 0 unspecified atom stereocenters. The van der Waals surface area contributed by atoms with Gasteiger partial charge in [-0.2, -0.15) is 0 Å². The summed E-state index contributed by atoms with van der Waals surface area (Å²) in [6.07, 6.45) is 0.755. The molecule has 0 aliphatic carbocycles. The molecule has 0 N–H and O–H groups in total. The van der Waals surface area contributed by atoms with E-state index in [-0.39, 0.29) is 29.7 Å². The van der Waals surface area contributed by atoms with E-state index in [2.05, 4.69) is 25.1 Å². The summed E-state index contributed by atoms with van der Waals surface area (Å²) in [7, 11) is 0. The Labute approximate surface area is 165 Å². The minimum Gasteiger partial charge on any atom is -0.456 e. The van der Waals surface area contributed by atoms with Crippen LogP contribution in [0.15, 0.2) is 95.3 Å². The van der Waals surface area contributed by atoms with Crippen LogP contribution in [0.25, 0.3) is 44.2 Å². The van der Waals surface area contributed by atoms with Crippen molar-refractivity contribution in [2.45, 2.75) is 13.3 Å². The quantitative estimate of drug-likeness (QED) is 0.327. The maximum atomic E-state index is 8.48. The van der Waals surface area contributed by atoms with Gasteiger partial charge in [-0.1, -0.05) is 85.7 Å². The molecule has 0 aliphatic heterocycles. The summed E-state index contributed by atoms with van der Waals surface area (Å²) in [6, 6.07) is 18.1. The zero-order valence-electron chi connectivity index (χ0n) is 19.9. The molecule has 0 amide bonds. The van der Waals surface area contributed by atoms with Crippen molar-refractivity contribution in [1.29, 1.82) is 0 Å². The molecule has 0 spiro atoms. The molecule has 1 heteroatoms. The van der Waals surface area contributed by atoms with E-state index in [1.165, 1.54) is 0 Å². The fraction of sp³-hybridized carbons (Fsp3) is 0.0769. The lowest BCUT2D eigenvalue weighted by Crippen LogP contribution is -1.90. The highest BCUT2D eigenvalue weighted by atomic mass is 16.3. The maximum Gasteiger partial charge on any atom is 0.136 e. The number of hydrogen-bond donors (Lipinski definition) is 0. The van der Waals surface area contributed by atoms with Crippen LogP contribution in [-0.4, -0.2) is 0 Å². The molecule has 0 fully saturated rings. The molecule has 1 aromatic heterocycles. The predicted octanol–water partition coefficient (Wildman–Crippen LogP) is 7.48. The van der Waals surface area contributed by atoms with Crippen molar-refractivity contribution < 1.29 is 11.3 Å². The molecule has 5 aromatic rings. The Kier molecular flexibility index (Phi) is 2.72. The van der Waals surface area contributed by atoms with Gasteiger partial charge in [-0.3, -0.25) is 0 Å². The highest BCUT2D eigenvalue weighted by molar-refractivity contribution is 6.15. The third-order valence-electron chi connectivity index (χ3n) is 4.98. The zero-order chi connectivity index (χ0) is 22.6. The van der Waals surface area contributed by atoms with Crippen molar-refractivity contribution in [3.63, 3.8) is 0 Å². The van der Waals surface area contributed by atoms with E-state index < -0.39 is 6.04 Å². The van der Waals surface area contributed by atoms with Crippen molar-refractivity contribution in [3.05, 3.63) is 96.4 Å². The number of aryl methyl sites for hydroxylation is 1. The van der Waals surface area contributed by atoms with Gasteiger partial charge in [0.1, 0.15) is 11.2 Å². The van der Waals surface area contributed by atoms with Gasteiger partial charge in [0.25, 0.3) is 0 Å². The second kappa shape index (κ2) is 6.44. The topological polar surface area (TPSA) is 13.1 Å². The normalized spacial score (nSPS) is 13.9. The van der Waals surface area contributed by atoms with E-state index in [1.54, 1.807) is 12.1 Å². The average Bonchev–Trinajstić information content (AvgIpc) is 3.21. The monoisotopic (exact) mass is 353 g/mol. The first-order valence-electron chi connectivity index (χ1n) is 11.5. The second-order valence-corrected chi connectivity index (χ2v) is 6.47. The Morgan fingerprint density at radius 3 is 2.26 bits per heavy atom. The van der Waals surface area contributed by atoms with E-state index in [0.717, 1.165) is 39.5 Å². The van der Waals surface area contributed by atoms with Crippen LogP contribution in [0.4, 0.5) is 0 Å². The highest BCUT2D eigenvalue weighted by Crippen LogP contribution is 2.41. The molecule has 0 saturated heterocycles. The number of hydrogen-bond acceptors (Lipinski definition) is 1. The Morgan fingerprint density at radius 1 is 0.704 bits per heavy atom. The lowest BCUT2D eigenvalue weighted by Gasteiger charge is -2.11. The van der Waals surface area contributed by atoms with Crippen molar-refractivity contribution in [1.82, 2.24) is 0 Å². The van der Waals surface area contributed by atoms with Crippen LogP contribution in [-0.2, 0) is 6.42 Å². The first-order valence-corrected chi connectivity index (χ1v) is 9.03. The van der Waals surface area contributed by atoms with Gasteiger partial charge in [0.15, 0.2) is 0 Å². The molecule has 0 aliphatic rings. The largest absolute Gasteiger partial charge is 0.456 e. The van der Waals surface area contributed by atoms with Crippen LogP contribution in [0, 0.1) is 0 Å². The van der Waals surface area contributed by atoms with Crippen LogP contribution in [0.1, 0.15) is 19.3 Å². The van der Waals surface area contributed by atoms with Crippen molar-refractivity contribution >= 4 is 21.9 Å². The van der Waals surface area contributed by atoms with Gasteiger partial charge in [-0.15, -0.1) is 0 Å². The van der Waals surface area contributed by atoms with E-state index in [1.807, 2.05) is 30.3 Å². The fourth-order valence-corrected chi connectivity index (χ4v) is 3.83. The Hall–Kier alpha value is -3.32. The Bertz CT molecular complexity index is 1470. The summed E-state index contributed by atoms with van der Waals surface area (Å²) in [5, 5.41) is 1.70. The van der Waals surface area contributed by atoms with Crippen molar-refractivity contribution in [3.8, 4) is 22.3 Å². The SMILES string of the molecule is [2H]c1c([2H])c([2H])c(-c2cccc3oc4ccc(-c5ccccc5)c(CC)c4c23)c([2H])c1[2H]. The number of rotatable bonds is 3. The van der Waals surface area contributed by atoms with Gasteiger partial charge in [0.05, 0.1) is 6.85 Å². The van der Waals surface area contributed by atoms with Gasteiger partial charge >= 0.3 is 0 Å². The molecule has 5 rings (SSSR count). The van der Waals surface area contributed by atoms with Crippen molar-refractivity contribution in [2.24, 2.45) is 0 Å². The van der Waals surface area contributed by atoms with Crippen LogP contribution in [0.3, 0.4) is 0 Å². The first-order chi connectivity index (χ1) is 15.4. The second-order valence-electron chi connectivity index (χ2n) is 6.47. The minimum absolute atomic E-state index is 0.191. The van der Waals surface area contributed by atoms with Crippen molar-refractivity contribution in [2.75, 3.05) is 0 Å². The van der Waals surface area contributed by atoms with Gasteiger partial charge in [-0.05, 0) is 46.4 Å². The summed E-state index contributed by atoms with van der Waals surface area (Å²) in [4.78, 5) is 0.